The standard InChI is InChI=1S/C16H16ClN3O4S/c17-13-5-1-4-8-16(13)25(23,24)19-11-9-18(10-12-19)14-6-2-3-7-15(14)20(21)22/h1-8H,9-12H2. The molecule has 2 aromatic carbocycles. The van der Waals surface area contributed by atoms with Gasteiger partial charge in [0.15, 0.2) is 0 Å². The SMILES string of the molecule is O=[N+]([O-])c1ccccc1N1CCN(S(=O)(=O)c2ccccc2Cl)CC1. The smallest absolute Gasteiger partial charge is 0.292 e. The van der Waals surface area contributed by atoms with E-state index in [1.54, 1.807) is 30.3 Å². The lowest BCUT2D eigenvalue weighted by molar-refractivity contribution is -0.384. The number of hydrogen-bond acceptors (Lipinski definition) is 5. The van der Waals surface area contributed by atoms with Crippen molar-refractivity contribution in [3.8, 4) is 0 Å². The summed E-state index contributed by atoms with van der Waals surface area (Å²) in [7, 11) is -3.68. The Balaban J connectivity index is 1.79. The third-order valence-electron chi connectivity index (χ3n) is 4.11. The Labute approximate surface area is 150 Å². The van der Waals surface area contributed by atoms with Crippen LogP contribution in [0.15, 0.2) is 53.4 Å². The normalized spacial score (nSPS) is 16.0. The van der Waals surface area contributed by atoms with Gasteiger partial charge in [-0.2, -0.15) is 4.31 Å². The largest absolute Gasteiger partial charge is 0.363 e. The molecule has 0 spiro atoms. The molecule has 0 aliphatic carbocycles. The van der Waals surface area contributed by atoms with E-state index in [4.69, 9.17) is 11.6 Å². The van der Waals surface area contributed by atoms with E-state index >= 15 is 0 Å². The number of halogens is 1. The first-order valence-corrected chi connectivity index (χ1v) is 9.46. The highest BCUT2D eigenvalue weighted by Crippen LogP contribution is 2.30. The lowest BCUT2D eigenvalue weighted by Gasteiger charge is -2.35. The molecule has 0 unspecified atom stereocenters. The lowest BCUT2D eigenvalue weighted by Crippen LogP contribution is -2.48. The fraction of sp³-hybridized carbons (Fsp3) is 0.250. The first-order chi connectivity index (χ1) is 11.9. The van der Waals surface area contributed by atoms with Crippen LogP contribution in [0, 0.1) is 10.1 Å². The molecule has 0 amide bonds. The van der Waals surface area contributed by atoms with Gasteiger partial charge in [-0.25, -0.2) is 8.42 Å². The number of sulfonamides is 1. The van der Waals surface area contributed by atoms with Crippen molar-refractivity contribution in [1.82, 2.24) is 4.31 Å². The molecule has 0 aromatic heterocycles. The number of nitrogens with zero attached hydrogens (tertiary/aromatic N) is 3. The fourth-order valence-corrected chi connectivity index (χ4v) is 4.76. The molecule has 0 bridgehead atoms. The molecule has 1 saturated heterocycles. The number of nitro benzene ring substituents is 1. The van der Waals surface area contributed by atoms with Crippen molar-refractivity contribution in [2.45, 2.75) is 4.90 Å². The van der Waals surface area contributed by atoms with Crippen molar-refractivity contribution < 1.29 is 13.3 Å². The average molecular weight is 382 g/mol. The van der Waals surface area contributed by atoms with Crippen LogP contribution in [0.3, 0.4) is 0 Å². The van der Waals surface area contributed by atoms with Crippen LogP contribution in [-0.4, -0.2) is 43.8 Å². The Hall–Kier alpha value is -2.16. The van der Waals surface area contributed by atoms with Gasteiger partial charge in [-0.1, -0.05) is 35.9 Å². The molecule has 0 N–H and O–H groups in total. The molecule has 3 rings (SSSR count). The lowest BCUT2D eigenvalue weighted by atomic mass is 10.2. The summed E-state index contributed by atoms with van der Waals surface area (Å²) < 4.78 is 26.8. The predicted octanol–water partition coefficient (Wildman–Crippen LogP) is 2.76. The van der Waals surface area contributed by atoms with Crippen molar-refractivity contribution in [3.05, 3.63) is 63.7 Å². The number of benzene rings is 2. The minimum atomic E-state index is -3.68. The van der Waals surface area contributed by atoms with E-state index < -0.39 is 14.9 Å². The van der Waals surface area contributed by atoms with Crippen LogP contribution in [0.2, 0.25) is 5.02 Å². The molecule has 7 nitrogen and oxygen atoms in total. The van der Waals surface area contributed by atoms with E-state index in [1.165, 1.54) is 22.5 Å². The first kappa shape index (κ1) is 17.7. The summed E-state index contributed by atoms with van der Waals surface area (Å²) in [5, 5.41) is 11.4. The minimum absolute atomic E-state index is 0.0184. The maximum atomic E-state index is 12.7. The number of piperazine rings is 1. The topological polar surface area (TPSA) is 83.8 Å². The van der Waals surface area contributed by atoms with E-state index in [0.717, 1.165) is 0 Å². The molecular weight excluding hydrogens is 366 g/mol. The average Bonchev–Trinajstić information content (AvgIpc) is 2.62. The summed E-state index contributed by atoms with van der Waals surface area (Å²) in [5.74, 6) is 0. The highest BCUT2D eigenvalue weighted by atomic mass is 35.5. The van der Waals surface area contributed by atoms with E-state index in [-0.39, 0.29) is 28.7 Å². The van der Waals surface area contributed by atoms with Gasteiger partial charge in [0.1, 0.15) is 10.6 Å². The molecular formula is C16H16ClN3O4S. The Bertz CT molecular complexity index is 896. The zero-order valence-corrected chi connectivity index (χ0v) is 14.8. The second-order valence-corrected chi connectivity index (χ2v) is 7.88. The Morgan fingerprint density at radius 1 is 0.960 bits per heavy atom. The number of para-hydroxylation sites is 2. The Morgan fingerprint density at radius 3 is 2.20 bits per heavy atom. The van der Waals surface area contributed by atoms with Gasteiger partial charge in [0.25, 0.3) is 5.69 Å². The van der Waals surface area contributed by atoms with Crippen molar-refractivity contribution in [3.63, 3.8) is 0 Å². The minimum Gasteiger partial charge on any atom is -0.363 e. The highest BCUT2D eigenvalue weighted by molar-refractivity contribution is 7.89. The van der Waals surface area contributed by atoms with Gasteiger partial charge < -0.3 is 4.90 Å². The van der Waals surface area contributed by atoms with E-state index in [1.807, 2.05) is 4.90 Å². The van der Waals surface area contributed by atoms with Crippen molar-refractivity contribution in [2.24, 2.45) is 0 Å². The summed E-state index contributed by atoms with van der Waals surface area (Å²) in [4.78, 5) is 12.6. The highest BCUT2D eigenvalue weighted by Gasteiger charge is 2.31. The van der Waals surface area contributed by atoms with Crippen LogP contribution in [0.1, 0.15) is 0 Å². The third-order valence-corrected chi connectivity index (χ3v) is 6.51. The second kappa shape index (κ2) is 6.99. The molecule has 1 aliphatic rings. The van der Waals surface area contributed by atoms with Gasteiger partial charge in [0.05, 0.1) is 9.95 Å². The van der Waals surface area contributed by atoms with Crippen molar-refractivity contribution >= 4 is 33.0 Å². The molecule has 0 atom stereocenters. The van der Waals surface area contributed by atoms with Crippen LogP contribution >= 0.6 is 11.6 Å². The quantitative estimate of drug-likeness (QED) is 0.600. The van der Waals surface area contributed by atoms with Crippen molar-refractivity contribution in [2.75, 3.05) is 31.1 Å². The maximum absolute atomic E-state index is 12.7. The molecule has 9 heteroatoms. The molecule has 0 radical (unpaired) electrons. The second-order valence-electron chi connectivity index (χ2n) is 5.57. The Morgan fingerprint density at radius 2 is 1.56 bits per heavy atom. The van der Waals surface area contributed by atoms with Gasteiger partial charge in [0.2, 0.25) is 10.0 Å². The predicted molar refractivity (Wildman–Crippen MR) is 95.5 cm³/mol. The van der Waals surface area contributed by atoms with Gasteiger partial charge in [-0.05, 0) is 18.2 Å². The van der Waals surface area contributed by atoms with Gasteiger partial charge in [0, 0.05) is 32.2 Å². The van der Waals surface area contributed by atoms with Gasteiger partial charge in [-0.15, -0.1) is 0 Å². The zero-order chi connectivity index (χ0) is 18.0. The van der Waals surface area contributed by atoms with Crippen LogP contribution in [0.25, 0.3) is 0 Å². The van der Waals surface area contributed by atoms with Gasteiger partial charge >= 0.3 is 0 Å². The van der Waals surface area contributed by atoms with E-state index in [9.17, 15) is 18.5 Å². The van der Waals surface area contributed by atoms with Crippen LogP contribution in [0.4, 0.5) is 11.4 Å². The summed E-state index contributed by atoms with van der Waals surface area (Å²) in [5.41, 5.74) is 0.521. The molecule has 0 saturated carbocycles. The monoisotopic (exact) mass is 381 g/mol. The van der Waals surface area contributed by atoms with Gasteiger partial charge in [-0.3, -0.25) is 10.1 Å². The van der Waals surface area contributed by atoms with Crippen LogP contribution < -0.4 is 4.90 Å². The summed E-state index contributed by atoms with van der Waals surface area (Å²) in [6, 6.07) is 12.8. The molecule has 1 fully saturated rings. The Kier molecular flexibility index (Phi) is 4.94. The molecule has 132 valence electrons. The molecule has 25 heavy (non-hydrogen) atoms. The number of nitro groups is 1. The van der Waals surface area contributed by atoms with Crippen molar-refractivity contribution in [1.29, 1.82) is 0 Å². The summed E-state index contributed by atoms with van der Waals surface area (Å²) in [6.07, 6.45) is 0. The molecule has 1 heterocycles. The zero-order valence-electron chi connectivity index (χ0n) is 13.2. The van der Waals surface area contributed by atoms with E-state index in [2.05, 4.69) is 0 Å². The molecule has 1 aliphatic heterocycles. The maximum Gasteiger partial charge on any atom is 0.292 e. The van der Waals surface area contributed by atoms with Crippen LogP contribution in [0.5, 0.6) is 0 Å². The summed E-state index contributed by atoms with van der Waals surface area (Å²) >= 11 is 6.02. The fourth-order valence-electron chi connectivity index (χ4n) is 2.85. The molecule has 2 aromatic rings. The number of anilines is 1. The third kappa shape index (κ3) is 3.46. The summed E-state index contributed by atoms with van der Waals surface area (Å²) in [6.45, 7) is 1.21. The van der Waals surface area contributed by atoms with Crippen LogP contribution in [-0.2, 0) is 10.0 Å². The first-order valence-electron chi connectivity index (χ1n) is 7.64. The number of hydrogen-bond donors (Lipinski definition) is 0. The van der Waals surface area contributed by atoms with E-state index in [0.29, 0.717) is 18.8 Å². The number of rotatable bonds is 4.